The lowest BCUT2D eigenvalue weighted by Gasteiger charge is -2.05. The Kier molecular flexibility index (Phi) is 3.52. The molecule has 1 nitrogen and oxygen atoms in total. The maximum absolute atomic E-state index is 13.7. The molecule has 2 aromatic rings. The van der Waals surface area contributed by atoms with Crippen molar-refractivity contribution in [2.75, 3.05) is 0 Å². The van der Waals surface area contributed by atoms with Gasteiger partial charge < -0.3 is 0 Å². The molecule has 2 aromatic carbocycles. The van der Waals surface area contributed by atoms with Gasteiger partial charge in [0, 0.05) is 0 Å². The monoisotopic (exact) mass is 314 g/mol. The van der Waals surface area contributed by atoms with E-state index >= 15 is 0 Å². The van der Waals surface area contributed by atoms with Crippen LogP contribution in [0.1, 0.15) is 15.9 Å². The number of carbonyl (C=O) groups is 1. The van der Waals surface area contributed by atoms with Crippen LogP contribution in [0.5, 0.6) is 0 Å². The van der Waals surface area contributed by atoms with Gasteiger partial charge in [0.05, 0.1) is 15.6 Å². The smallest absolute Gasteiger partial charge is 0.199 e. The van der Waals surface area contributed by atoms with Crippen molar-refractivity contribution in [2.24, 2.45) is 0 Å². The van der Waals surface area contributed by atoms with Crippen molar-refractivity contribution < 1.29 is 18.0 Å². The number of rotatable bonds is 2. The van der Waals surface area contributed by atoms with Crippen molar-refractivity contribution in [2.45, 2.75) is 0 Å². The standard InChI is InChI=1S/C13H6BrF3O/c14-9-5-1-3-7(11(9)16)13(18)8-4-2-6-10(15)12(8)17/h1-6H. The number of benzene rings is 2. The number of hydrogen-bond donors (Lipinski definition) is 0. The molecule has 0 aliphatic heterocycles. The molecule has 0 N–H and O–H groups in total. The molecule has 0 heterocycles. The molecule has 0 aromatic heterocycles. The Bertz CT molecular complexity index is 572. The molecule has 0 spiro atoms. The van der Waals surface area contributed by atoms with Gasteiger partial charge in [0.15, 0.2) is 17.4 Å². The van der Waals surface area contributed by atoms with Crippen LogP contribution in [0, 0.1) is 17.5 Å². The van der Waals surface area contributed by atoms with E-state index in [1.165, 1.54) is 24.3 Å². The Hall–Kier alpha value is -1.62. The van der Waals surface area contributed by atoms with Crippen molar-refractivity contribution in [3.05, 3.63) is 69.4 Å². The van der Waals surface area contributed by atoms with E-state index in [-0.39, 0.29) is 10.0 Å². The van der Waals surface area contributed by atoms with Gasteiger partial charge in [0.25, 0.3) is 0 Å². The van der Waals surface area contributed by atoms with Gasteiger partial charge in [-0.2, -0.15) is 0 Å². The van der Waals surface area contributed by atoms with E-state index < -0.39 is 28.8 Å². The highest BCUT2D eigenvalue weighted by Crippen LogP contribution is 2.22. The SMILES string of the molecule is O=C(c1cccc(F)c1F)c1cccc(Br)c1F. The largest absolute Gasteiger partial charge is 0.288 e. The van der Waals surface area contributed by atoms with Gasteiger partial charge in [-0.1, -0.05) is 12.1 Å². The van der Waals surface area contributed by atoms with Gasteiger partial charge in [-0.25, -0.2) is 13.2 Å². The van der Waals surface area contributed by atoms with Crippen LogP contribution in [-0.4, -0.2) is 5.78 Å². The third-order valence-electron chi connectivity index (χ3n) is 2.39. The molecular formula is C13H6BrF3O. The Morgan fingerprint density at radius 2 is 1.44 bits per heavy atom. The van der Waals surface area contributed by atoms with Crippen molar-refractivity contribution in [3.8, 4) is 0 Å². The molecule has 92 valence electrons. The van der Waals surface area contributed by atoms with Crippen LogP contribution >= 0.6 is 15.9 Å². The summed E-state index contributed by atoms with van der Waals surface area (Å²) in [5, 5.41) is 0. The molecule has 0 aliphatic carbocycles. The van der Waals surface area contributed by atoms with Gasteiger partial charge in [-0.3, -0.25) is 4.79 Å². The van der Waals surface area contributed by atoms with Gasteiger partial charge in [0.2, 0.25) is 0 Å². The summed E-state index contributed by atoms with van der Waals surface area (Å²) in [7, 11) is 0. The van der Waals surface area contributed by atoms with Crippen molar-refractivity contribution >= 4 is 21.7 Å². The summed E-state index contributed by atoms with van der Waals surface area (Å²) >= 11 is 2.92. The predicted octanol–water partition coefficient (Wildman–Crippen LogP) is 4.10. The first-order chi connectivity index (χ1) is 8.52. The Labute approximate surface area is 109 Å². The highest BCUT2D eigenvalue weighted by molar-refractivity contribution is 9.10. The Morgan fingerprint density at radius 3 is 2.11 bits per heavy atom. The fraction of sp³-hybridized carbons (Fsp3) is 0. The normalized spacial score (nSPS) is 10.4. The van der Waals surface area contributed by atoms with E-state index in [0.717, 1.165) is 12.1 Å². The first-order valence-electron chi connectivity index (χ1n) is 4.95. The first-order valence-corrected chi connectivity index (χ1v) is 5.74. The Balaban J connectivity index is 2.55. The van der Waals surface area contributed by atoms with Crippen LogP contribution in [0.3, 0.4) is 0 Å². The van der Waals surface area contributed by atoms with Crippen LogP contribution < -0.4 is 0 Å². The minimum Gasteiger partial charge on any atom is -0.288 e. The summed E-state index contributed by atoms with van der Waals surface area (Å²) in [5.41, 5.74) is -0.805. The maximum Gasteiger partial charge on any atom is 0.199 e. The van der Waals surface area contributed by atoms with E-state index in [1.54, 1.807) is 0 Å². The topological polar surface area (TPSA) is 17.1 Å². The molecule has 0 aliphatic rings. The van der Waals surface area contributed by atoms with Crippen molar-refractivity contribution in [1.82, 2.24) is 0 Å². The molecule has 0 saturated heterocycles. The number of halogens is 4. The summed E-state index contributed by atoms with van der Waals surface area (Å²) < 4.78 is 40.2. The van der Waals surface area contributed by atoms with E-state index in [1.807, 2.05) is 0 Å². The van der Waals surface area contributed by atoms with Crippen LogP contribution in [0.2, 0.25) is 0 Å². The molecule has 0 bridgehead atoms. The second kappa shape index (κ2) is 4.94. The van der Waals surface area contributed by atoms with E-state index in [0.29, 0.717) is 0 Å². The van der Waals surface area contributed by atoms with Gasteiger partial charge in [-0.05, 0) is 40.2 Å². The summed E-state index contributed by atoms with van der Waals surface area (Å²) in [5.74, 6) is -4.12. The second-order valence-electron chi connectivity index (χ2n) is 3.53. The van der Waals surface area contributed by atoms with Crippen LogP contribution in [0.25, 0.3) is 0 Å². The van der Waals surface area contributed by atoms with E-state index in [2.05, 4.69) is 15.9 Å². The van der Waals surface area contributed by atoms with Crippen molar-refractivity contribution in [3.63, 3.8) is 0 Å². The predicted molar refractivity (Wildman–Crippen MR) is 63.9 cm³/mol. The highest BCUT2D eigenvalue weighted by Gasteiger charge is 2.20. The second-order valence-corrected chi connectivity index (χ2v) is 4.39. The molecule has 18 heavy (non-hydrogen) atoms. The maximum atomic E-state index is 13.7. The number of ketones is 1. The van der Waals surface area contributed by atoms with Gasteiger partial charge in [-0.15, -0.1) is 0 Å². The lowest BCUT2D eigenvalue weighted by atomic mass is 10.0. The third kappa shape index (κ3) is 2.18. The number of carbonyl (C=O) groups excluding carboxylic acids is 1. The molecule has 0 unspecified atom stereocenters. The van der Waals surface area contributed by atoms with Crippen LogP contribution in [0.15, 0.2) is 40.9 Å². The van der Waals surface area contributed by atoms with Crippen molar-refractivity contribution in [1.29, 1.82) is 0 Å². The highest BCUT2D eigenvalue weighted by atomic mass is 79.9. The third-order valence-corrected chi connectivity index (χ3v) is 3.00. The summed E-state index contributed by atoms with van der Waals surface area (Å²) in [6.45, 7) is 0. The molecule has 2 rings (SSSR count). The lowest BCUT2D eigenvalue weighted by molar-refractivity contribution is 0.103. The van der Waals surface area contributed by atoms with E-state index in [9.17, 15) is 18.0 Å². The lowest BCUT2D eigenvalue weighted by Crippen LogP contribution is -2.08. The molecular weight excluding hydrogens is 309 g/mol. The van der Waals surface area contributed by atoms with Crippen LogP contribution in [0.4, 0.5) is 13.2 Å². The van der Waals surface area contributed by atoms with E-state index in [4.69, 9.17) is 0 Å². The molecule has 0 atom stereocenters. The average molecular weight is 315 g/mol. The molecule has 0 saturated carbocycles. The summed E-state index contributed by atoms with van der Waals surface area (Å²) in [4.78, 5) is 11.9. The summed E-state index contributed by atoms with van der Waals surface area (Å²) in [6, 6.07) is 7.27. The molecule has 0 radical (unpaired) electrons. The average Bonchev–Trinajstić information content (AvgIpc) is 2.35. The Morgan fingerprint density at radius 1 is 0.889 bits per heavy atom. The molecule has 0 amide bonds. The minimum atomic E-state index is -1.28. The fourth-order valence-corrected chi connectivity index (χ4v) is 1.87. The molecule has 5 heteroatoms. The van der Waals surface area contributed by atoms with Gasteiger partial charge >= 0.3 is 0 Å². The van der Waals surface area contributed by atoms with Gasteiger partial charge in [0.1, 0.15) is 5.82 Å². The minimum absolute atomic E-state index is 0.0881. The fourth-order valence-electron chi connectivity index (χ4n) is 1.50. The molecule has 0 fully saturated rings. The number of hydrogen-bond acceptors (Lipinski definition) is 1. The zero-order chi connectivity index (χ0) is 13.3. The first kappa shape index (κ1) is 12.8. The summed E-state index contributed by atoms with van der Waals surface area (Å²) in [6.07, 6.45) is 0. The quantitative estimate of drug-likeness (QED) is 0.763. The zero-order valence-electron chi connectivity index (χ0n) is 8.88. The zero-order valence-corrected chi connectivity index (χ0v) is 10.5. The van der Waals surface area contributed by atoms with Crippen LogP contribution in [-0.2, 0) is 0 Å².